The molecule has 0 spiro atoms. The molecule has 88 valence electrons. The number of carbonyl (C=O) groups excluding carboxylic acids is 1. The molecule has 1 aromatic carbocycles. The second-order valence-corrected chi connectivity index (χ2v) is 3.97. The highest BCUT2D eigenvalue weighted by Gasteiger charge is 2.11. The Labute approximate surface area is 101 Å². The smallest absolute Gasteiger partial charge is 0.307 e. The normalized spacial score (nSPS) is 11.9. The van der Waals surface area contributed by atoms with Crippen LogP contribution in [0.15, 0.2) is 24.3 Å². The van der Waals surface area contributed by atoms with Crippen molar-refractivity contribution < 1.29 is 9.53 Å². The molecule has 1 aromatic rings. The number of ether oxygens (including phenoxy) is 1. The van der Waals surface area contributed by atoms with Crippen LogP contribution in [0.5, 0.6) is 0 Å². The molecule has 0 aliphatic rings. The topological polar surface area (TPSA) is 38.3 Å². The van der Waals surface area contributed by atoms with Crippen molar-refractivity contribution in [1.82, 2.24) is 0 Å². The molecule has 0 unspecified atom stereocenters. The molecule has 0 aliphatic carbocycles. The van der Waals surface area contributed by atoms with Gasteiger partial charge in [0.05, 0.1) is 13.5 Å². The lowest BCUT2D eigenvalue weighted by Crippen LogP contribution is -2.22. The first-order valence-corrected chi connectivity index (χ1v) is 5.62. The number of anilines is 1. The van der Waals surface area contributed by atoms with Gasteiger partial charge in [-0.25, -0.2) is 0 Å². The number of hydrogen-bond acceptors (Lipinski definition) is 3. The van der Waals surface area contributed by atoms with Gasteiger partial charge in [0, 0.05) is 16.8 Å². The van der Waals surface area contributed by atoms with E-state index in [2.05, 4.69) is 10.1 Å². The predicted molar refractivity (Wildman–Crippen MR) is 65.8 cm³/mol. The average Bonchev–Trinajstić information content (AvgIpc) is 2.30. The highest BCUT2D eigenvalue weighted by molar-refractivity contribution is 6.30. The second-order valence-electron chi connectivity index (χ2n) is 3.54. The maximum Gasteiger partial charge on any atom is 0.307 e. The van der Waals surface area contributed by atoms with E-state index >= 15 is 0 Å². The van der Waals surface area contributed by atoms with Gasteiger partial charge in [0.1, 0.15) is 0 Å². The zero-order valence-electron chi connectivity index (χ0n) is 9.50. The molecule has 0 amide bonds. The molecule has 0 aromatic heterocycles. The molecule has 0 saturated heterocycles. The number of esters is 1. The lowest BCUT2D eigenvalue weighted by molar-refractivity contribution is -0.140. The number of benzene rings is 1. The van der Waals surface area contributed by atoms with Gasteiger partial charge >= 0.3 is 5.97 Å². The van der Waals surface area contributed by atoms with Crippen molar-refractivity contribution in [2.24, 2.45) is 0 Å². The van der Waals surface area contributed by atoms with Gasteiger partial charge in [-0.3, -0.25) is 4.79 Å². The maximum absolute atomic E-state index is 11.1. The Kier molecular flexibility index (Phi) is 5.12. The number of methoxy groups -OCH3 is 1. The van der Waals surface area contributed by atoms with Crippen molar-refractivity contribution in [3.05, 3.63) is 29.3 Å². The Morgan fingerprint density at radius 2 is 2.06 bits per heavy atom. The number of rotatable bonds is 5. The van der Waals surface area contributed by atoms with Gasteiger partial charge in [-0.15, -0.1) is 0 Å². The highest BCUT2D eigenvalue weighted by atomic mass is 35.5. The first-order chi connectivity index (χ1) is 7.65. The first kappa shape index (κ1) is 12.8. The van der Waals surface area contributed by atoms with Crippen LogP contribution in [0, 0.1) is 0 Å². The molecule has 0 heterocycles. The van der Waals surface area contributed by atoms with Crippen LogP contribution < -0.4 is 5.32 Å². The summed E-state index contributed by atoms with van der Waals surface area (Å²) in [6.07, 6.45) is 1.23. The largest absolute Gasteiger partial charge is 0.469 e. The van der Waals surface area contributed by atoms with Crippen molar-refractivity contribution in [2.75, 3.05) is 12.4 Å². The van der Waals surface area contributed by atoms with Crippen molar-refractivity contribution in [3.63, 3.8) is 0 Å². The van der Waals surface area contributed by atoms with Crippen molar-refractivity contribution >= 4 is 23.3 Å². The van der Waals surface area contributed by atoms with Gasteiger partial charge in [-0.1, -0.05) is 18.5 Å². The second kappa shape index (κ2) is 6.38. The Hall–Kier alpha value is -1.22. The lowest BCUT2D eigenvalue weighted by Gasteiger charge is -2.16. The Balaban J connectivity index is 2.56. The average molecular weight is 242 g/mol. The van der Waals surface area contributed by atoms with E-state index in [1.807, 2.05) is 31.2 Å². The zero-order valence-corrected chi connectivity index (χ0v) is 10.3. The Bertz CT molecular complexity index is 337. The molecule has 1 N–H and O–H groups in total. The van der Waals surface area contributed by atoms with Crippen LogP contribution in [0.4, 0.5) is 5.69 Å². The quantitative estimate of drug-likeness (QED) is 0.805. The number of nitrogens with one attached hydrogen (secondary N) is 1. The third kappa shape index (κ3) is 4.11. The zero-order chi connectivity index (χ0) is 12.0. The summed E-state index contributed by atoms with van der Waals surface area (Å²) in [6.45, 7) is 2.02. The Morgan fingerprint density at radius 1 is 1.44 bits per heavy atom. The minimum atomic E-state index is -0.201. The van der Waals surface area contributed by atoms with Crippen LogP contribution in [-0.4, -0.2) is 19.1 Å². The maximum atomic E-state index is 11.1. The molecule has 0 fully saturated rings. The molecule has 0 saturated carbocycles. The minimum absolute atomic E-state index is 0.0913. The van der Waals surface area contributed by atoms with Crippen molar-refractivity contribution in [2.45, 2.75) is 25.8 Å². The summed E-state index contributed by atoms with van der Waals surface area (Å²) in [5, 5.41) is 3.96. The molecule has 1 atom stereocenters. The number of carbonyl (C=O) groups is 1. The first-order valence-electron chi connectivity index (χ1n) is 5.24. The highest BCUT2D eigenvalue weighted by Crippen LogP contribution is 2.16. The minimum Gasteiger partial charge on any atom is -0.469 e. The molecular formula is C12H16ClNO2. The molecule has 3 nitrogen and oxygen atoms in total. The van der Waals surface area contributed by atoms with Crippen LogP contribution in [0.2, 0.25) is 5.02 Å². The van der Waals surface area contributed by atoms with E-state index in [1.165, 1.54) is 7.11 Å². The number of hydrogen-bond donors (Lipinski definition) is 1. The summed E-state index contributed by atoms with van der Waals surface area (Å²) in [5.74, 6) is -0.201. The molecule has 0 aliphatic heterocycles. The van der Waals surface area contributed by atoms with Crippen molar-refractivity contribution in [3.8, 4) is 0 Å². The monoisotopic (exact) mass is 241 g/mol. The van der Waals surface area contributed by atoms with Crippen molar-refractivity contribution in [1.29, 1.82) is 0 Å². The van der Waals surface area contributed by atoms with Crippen LogP contribution in [0.25, 0.3) is 0 Å². The van der Waals surface area contributed by atoms with Crippen LogP contribution >= 0.6 is 11.6 Å². The summed E-state index contributed by atoms with van der Waals surface area (Å²) >= 11 is 5.79. The van der Waals surface area contributed by atoms with Crippen LogP contribution in [0.3, 0.4) is 0 Å². The van der Waals surface area contributed by atoms with Gasteiger partial charge in [0.15, 0.2) is 0 Å². The van der Waals surface area contributed by atoms with Gasteiger partial charge < -0.3 is 10.1 Å². The molecule has 16 heavy (non-hydrogen) atoms. The summed E-state index contributed by atoms with van der Waals surface area (Å²) in [5.41, 5.74) is 0.958. The van der Waals surface area contributed by atoms with Crippen LogP contribution in [0.1, 0.15) is 19.8 Å². The molecule has 0 bridgehead atoms. The fourth-order valence-electron chi connectivity index (χ4n) is 1.36. The van der Waals surface area contributed by atoms with E-state index < -0.39 is 0 Å². The van der Waals surface area contributed by atoms with E-state index in [9.17, 15) is 4.79 Å². The standard InChI is InChI=1S/C12H16ClNO2/c1-3-10(8-12(15)16-2)14-11-6-4-9(13)5-7-11/h4-7,10,14H,3,8H2,1-2H3/t10-/m0/s1. The molecular weight excluding hydrogens is 226 g/mol. The van der Waals surface area contributed by atoms with Gasteiger partial charge in [-0.2, -0.15) is 0 Å². The van der Waals surface area contributed by atoms with Gasteiger partial charge in [0.25, 0.3) is 0 Å². The van der Waals surface area contributed by atoms with E-state index in [0.717, 1.165) is 12.1 Å². The van der Waals surface area contributed by atoms with E-state index in [0.29, 0.717) is 11.4 Å². The molecule has 0 radical (unpaired) electrons. The SMILES string of the molecule is CC[C@@H](CC(=O)OC)Nc1ccc(Cl)cc1. The summed E-state index contributed by atoms with van der Waals surface area (Å²) < 4.78 is 4.64. The summed E-state index contributed by atoms with van der Waals surface area (Å²) in [6, 6.07) is 7.50. The third-order valence-electron chi connectivity index (χ3n) is 2.35. The van der Waals surface area contributed by atoms with E-state index in [-0.39, 0.29) is 12.0 Å². The number of halogens is 1. The Morgan fingerprint density at radius 3 is 2.56 bits per heavy atom. The molecule has 1 rings (SSSR count). The summed E-state index contributed by atoms with van der Waals surface area (Å²) in [4.78, 5) is 11.1. The van der Waals surface area contributed by atoms with E-state index in [1.54, 1.807) is 0 Å². The van der Waals surface area contributed by atoms with Crippen LogP contribution in [-0.2, 0) is 9.53 Å². The van der Waals surface area contributed by atoms with Gasteiger partial charge in [0.2, 0.25) is 0 Å². The lowest BCUT2D eigenvalue weighted by atomic mass is 10.1. The molecule has 4 heteroatoms. The van der Waals surface area contributed by atoms with Gasteiger partial charge in [-0.05, 0) is 30.7 Å². The summed E-state index contributed by atoms with van der Waals surface area (Å²) in [7, 11) is 1.40. The predicted octanol–water partition coefficient (Wildman–Crippen LogP) is 3.09. The third-order valence-corrected chi connectivity index (χ3v) is 2.60. The fraction of sp³-hybridized carbons (Fsp3) is 0.417. The fourth-order valence-corrected chi connectivity index (χ4v) is 1.49. The van der Waals surface area contributed by atoms with E-state index in [4.69, 9.17) is 11.6 Å².